The van der Waals surface area contributed by atoms with Crippen LogP contribution >= 0.6 is 11.8 Å². The number of thioether (sulfide) groups is 1. The zero-order valence-electron chi connectivity index (χ0n) is 17.2. The number of aromatic nitrogens is 3. The summed E-state index contributed by atoms with van der Waals surface area (Å²) < 4.78 is 7.01. The molecule has 2 aromatic heterocycles. The van der Waals surface area contributed by atoms with Crippen LogP contribution in [0, 0.1) is 0 Å². The Balaban J connectivity index is 1.57. The van der Waals surface area contributed by atoms with Crippen molar-refractivity contribution < 1.29 is 9.53 Å². The van der Waals surface area contributed by atoms with Crippen molar-refractivity contribution in [3.63, 3.8) is 0 Å². The normalized spacial score (nSPS) is 10.9. The van der Waals surface area contributed by atoms with Gasteiger partial charge in [-0.05, 0) is 24.6 Å². The molecule has 0 fully saturated rings. The number of nitrogens with zero attached hydrogens (tertiary/aromatic N) is 2. The van der Waals surface area contributed by atoms with E-state index < -0.39 is 0 Å². The number of aromatic amines is 1. The van der Waals surface area contributed by atoms with Crippen LogP contribution in [-0.2, 0) is 11.8 Å². The molecule has 0 unspecified atom stereocenters. The first kappa shape index (κ1) is 20.7. The molecule has 8 heteroatoms. The van der Waals surface area contributed by atoms with Crippen LogP contribution in [0.5, 0.6) is 5.75 Å². The van der Waals surface area contributed by atoms with E-state index in [0.29, 0.717) is 34.2 Å². The van der Waals surface area contributed by atoms with Gasteiger partial charge < -0.3 is 15.0 Å². The highest BCUT2D eigenvalue weighted by Crippen LogP contribution is 2.28. The van der Waals surface area contributed by atoms with Crippen molar-refractivity contribution >= 4 is 34.4 Å². The van der Waals surface area contributed by atoms with E-state index in [-0.39, 0.29) is 17.2 Å². The number of ether oxygens (including phenoxy) is 1. The average molecular weight is 435 g/mol. The summed E-state index contributed by atoms with van der Waals surface area (Å²) in [6.45, 7) is 2.40. The van der Waals surface area contributed by atoms with Gasteiger partial charge in [0.05, 0.1) is 18.0 Å². The molecule has 0 bridgehead atoms. The summed E-state index contributed by atoms with van der Waals surface area (Å²) in [5.41, 5.74) is 3.29. The predicted molar refractivity (Wildman–Crippen MR) is 124 cm³/mol. The van der Waals surface area contributed by atoms with Gasteiger partial charge in [0, 0.05) is 18.8 Å². The Morgan fingerprint density at radius 1 is 1.16 bits per heavy atom. The second-order valence-electron chi connectivity index (χ2n) is 6.82. The number of carbonyl (C=O) groups excluding carboxylic acids is 1. The van der Waals surface area contributed by atoms with E-state index in [2.05, 4.69) is 15.3 Å². The Hall–Kier alpha value is -3.52. The van der Waals surface area contributed by atoms with E-state index in [1.165, 1.54) is 16.3 Å². The van der Waals surface area contributed by atoms with Gasteiger partial charge in [-0.1, -0.05) is 54.2 Å². The predicted octanol–water partition coefficient (Wildman–Crippen LogP) is 4.06. The highest BCUT2D eigenvalue weighted by Gasteiger charge is 2.16. The maximum Gasteiger partial charge on any atom is 0.278 e. The van der Waals surface area contributed by atoms with Crippen molar-refractivity contribution in [1.29, 1.82) is 0 Å². The molecule has 0 aliphatic carbocycles. The second kappa shape index (κ2) is 9.09. The van der Waals surface area contributed by atoms with E-state index in [4.69, 9.17) is 4.74 Å². The summed E-state index contributed by atoms with van der Waals surface area (Å²) >= 11 is 1.22. The summed E-state index contributed by atoms with van der Waals surface area (Å²) in [4.78, 5) is 33.1. The molecular weight excluding hydrogens is 412 g/mol. The largest absolute Gasteiger partial charge is 0.492 e. The van der Waals surface area contributed by atoms with Crippen molar-refractivity contribution in [3.05, 3.63) is 71.1 Å². The molecule has 0 spiro atoms. The Morgan fingerprint density at radius 3 is 2.68 bits per heavy atom. The number of fused-ring (bicyclic) bond motifs is 1. The standard InChI is InChI=1S/C23H22N4O3S/c1-3-30-18-12-8-7-11-17(18)25-19(28)14-31-23-26-20-16(15-9-5-4-6-10-15)13-24-21(20)22(29)27(23)2/h4-13,24H,3,14H2,1-2H3,(H,25,28). The van der Waals surface area contributed by atoms with Crippen molar-refractivity contribution in [2.24, 2.45) is 7.05 Å². The van der Waals surface area contributed by atoms with Gasteiger partial charge in [-0.3, -0.25) is 14.2 Å². The lowest BCUT2D eigenvalue weighted by Gasteiger charge is -2.11. The molecule has 0 saturated heterocycles. The molecule has 0 radical (unpaired) electrons. The van der Waals surface area contributed by atoms with E-state index in [1.807, 2.05) is 55.5 Å². The maximum absolute atomic E-state index is 12.8. The third kappa shape index (κ3) is 4.34. The Kier molecular flexibility index (Phi) is 6.08. The molecule has 2 aromatic carbocycles. The molecule has 4 aromatic rings. The van der Waals surface area contributed by atoms with Crippen LogP contribution < -0.4 is 15.6 Å². The third-order valence-electron chi connectivity index (χ3n) is 4.74. The maximum atomic E-state index is 12.8. The number of para-hydroxylation sites is 2. The van der Waals surface area contributed by atoms with E-state index in [9.17, 15) is 9.59 Å². The van der Waals surface area contributed by atoms with E-state index in [1.54, 1.807) is 19.3 Å². The molecule has 1 amide bonds. The number of carbonyl (C=O) groups is 1. The minimum Gasteiger partial charge on any atom is -0.492 e. The number of benzene rings is 2. The fraction of sp³-hybridized carbons (Fsp3) is 0.174. The van der Waals surface area contributed by atoms with Gasteiger partial charge in [0.2, 0.25) is 5.91 Å². The van der Waals surface area contributed by atoms with E-state index in [0.717, 1.165) is 11.1 Å². The average Bonchev–Trinajstić information content (AvgIpc) is 3.21. The van der Waals surface area contributed by atoms with Crippen LogP contribution in [-0.4, -0.2) is 32.8 Å². The van der Waals surface area contributed by atoms with Gasteiger partial charge in [0.1, 0.15) is 16.8 Å². The topological polar surface area (TPSA) is 89.0 Å². The van der Waals surface area contributed by atoms with E-state index >= 15 is 0 Å². The van der Waals surface area contributed by atoms with Gasteiger partial charge in [0.25, 0.3) is 5.56 Å². The first-order chi connectivity index (χ1) is 15.1. The molecule has 4 rings (SSSR count). The number of hydrogen-bond acceptors (Lipinski definition) is 5. The lowest BCUT2D eigenvalue weighted by atomic mass is 10.1. The smallest absolute Gasteiger partial charge is 0.278 e. The van der Waals surface area contributed by atoms with Crippen LogP contribution in [0.1, 0.15) is 6.92 Å². The minimum absolute atomic E-state index is 0.108. The number of amides is 1. The molecule has 31 heavy (non-hydrogen) atoms. The first-order valence-corrected chi connectivity index (χ1v) is 10.8. The third-order valence-corrected chi connectivity index (χ3v) is 5.77. The summed E-state index contributed by atoms with van der Waals surface area (Å²) in [7, 11) is 1.66. The first-order valence-electron chi connectivity index (χ1n) is 9.86. The van der Waals surface area contributed by atoms with Crippen molar-refractivity contribution in [3.8, 4) is 16.9 Å². The second-order valence-corrected chi connectivity index (χ2v) is 7.76. The molecule has 158 valence electrons. The van der Waals surface area contributed by atoms with Gasteiger partial charge >= 0.3 is 0 Å². The monoisotopic (exact) mass is 434 g/mol. The highest BCUT2D eigenvalue weighted by molar-refractivity contribution is 7.99. The summed E-state index contributed by atoms with van der Waals surface area (Å²) in [5, 5.41) is 3.34. The molecular formula is C23H22N4O3S. The molecule has 2 N–H and O–H groups in total. The number of nitrogens with one attached hydrogen (secondary N) is 2. The summed E-state index contributed by atoms with van der Waals surface area (Å²) in [5.74, 6) is 0.524. The molecule has 7 nitrogen and oxygen atoms in total. The van der Waals surface area contributed by atoms with Crippen LogP contribution in [0.3, 0.4) is 0 Å². The fourth-order valence-corrected chi connectivity index (χ4v) is 4.02. The zero-order chi connectivity index (χ0) is 21.8. The molecule has 0 aliphatic heterocycles. The van der Waals surface area contributed by atoms with Crippen molar-refractivity contribution in [2.75, 3.05) is 17.7 Å². The van der Waals surface area contributed by atoms with Crippen LogP contribution in [0.25, 0.3) is 22.2 Å². The van der Waals surface area contributed by atoms with Crippen LogP contribution in [0.4, 0.5) is 5.69 Å². The van der Waals surface area contributed by atoms with Crippen LogP contribution in [0.2, 0.25) is 0 Å². The lowest BCUT2D eigenvalue weighted by molar-refractivity contribution is -0.113. The highest BCUT2D eigenvalue weighted by atomic mass is 32.2. The van der Waals surface area contributed by atoms with Gasteiger partial charge in [-0.15, -0.1) is 0 Å². The number of H-pyrrole nitrogens is 1. The Labute approximate surface area is 183 Å². The van der Waals surface area contributed by atoms with Gasteiger partial charge in [0.15, 0.2) is 5.16 Å². The quantitative estimate of drug-likeness (QED) is 0.338. The van der Waals surface area contributed by atoms with Crippen molar-refractivity contribution in [1.82, 2.24) is 14.5 Å². The summed E-state index contributed by atoms with van der Waals surface area (Å²) in [6, 6.07) is 17.0. The Morgan fingerprint density at radius 2 is 1.90 bits per heavy atom. The summed E-state index contributed by atoms with van der Waals surface area (Å²) in [6.07, 6.45) is 1.79. The lowest BCUT2D eigenvalue weighted by Crippen LogP contribution is -2.21. The molecule has 2 heterocycles. The number of rotatable bonds is 7. The number of anilines is 1. The minimum atomic E-state index is -0.205. The molecule has 0 atom stereocenters. The van der Waals surface area contributed by atoms with Gasteiger partial charge in [-0.25, -0.2) is 4.98 Å². The molecule has 0 saturated carbocycles. The fourth-order valence-electron chi connectivity index (χ4n) is 3.25. The van der Waals surface area contributed by atoms with Crippen LogP contribution in [0.15, 0.2) is 70.7 Å². The van der Waals surface area contributed by atoms with Crippen molar-refractivity contribution in [2.45, 2.75) is 12.1 Å². The number of hydrogen-bond donors (Lipinski definition) is 2. The SMILES string of the molecule is CCOc1ccccc1NC(=O)CSc1nc2c(-c3ccccc3)c[nH]c2c(=O)n1C. The van der Waals surface area contributed by atoms with Gasteiger partial charge in [-0.2, -0.15) is 0 Å². The Bertz CT molecular complexity index is 1280. The molecule has 0 aliphatic rings. The zero-order valence-corrected chi connectivity index (χ0v) is 18.0.